The first kappa shape index (κ1) is 19.3. The van der Waals surface area contributed by atoms with Gasteiger partial charge in [0.1, 0.15) is 30.4 Å². The highest BCUT2D eigenvalue weighted by Crippen LogP contribution is 2.25. The molecule has 0 amide bonds. The van der Waals surface area contributed by atoms with Gasteiger partial charge in [0.25, 0.3) is 0 Å². The van der Waals surface area contributed by atoms with Crippen molar-refractivity contribution >= 4 is 16.9 Å². The second-order valence-corrected chi connectivity index (χ2v) is 7.08. The minimum absolute atomic E-state index is 0.254. The second-order valence-electron chi connectivity index (χ2n) is 7.08. The zero-order chi connectivity index (χ0) is 21.8. The molecular weight excluding hydrogens is 400 g/mol. The van der Waals surface area contributed by atoms with Crippen molar-refractivity contribution in [3.8, 4) is 23.1 Å². The van der Waals surface area contributed by atoms with Gasteiger partial charge in [-0.1, -0.05) is 42.5 Å². The van der Waals surface area contributed by atoms with E-state index in [-0.39, 0.29) is 5.69 Å². The number of hydrogen-bond donors (Lipinski definition) is 1. The minimum atomic E-state index is 0.254. The van der Waals surface area contributed by atoms with Crippen LogP contribution in [0.15, 0.2) is 91.4 Å². The molecule has 1 N–H and O–H groups in total. The predicted molar refractivity (Wildman–Crippen MR) is 122 cm³/mol. The van der Waals surface area contributed by atoms with Gasteiger partial charge in [-0.3, -0.25) is 5.43 Å². The van der Waals surface area contributed by atoms with Crippen molar-refractivity contribution < 1.29 is 4.74 Å². The molecule has 3 aromatic carbocycles. The number of nitrogens with one attached hydrogen (secondary N) is 1. The maximum atomic E-state index is 9.52. The van der Waals surface area contributed by atoms with Gasteiger partial charge in [-0.15, -0.1) is 0 Å². The summed E-state index contributed by atoms with van der Waals surface area (Å²) in [5, 5.41) is 9.52. The largest absolute Gasteiger partial charge is 0.489 e. The Bertz CT molecular complexity index is 1400. The summed E-state index contributed by atoms with van der Waals surface area (Å²) in [7, 11) is 0. The fourth-order valence-corrected chi connectivity index (χ4v) is 3.35. The van der Waals surface area contributed by atoms with E-state index in [4.69, 9.17) is 4.74 Å². The number of nitrogens with zero attached hydrogens (tertiary/aromatic N) is 5. The molecule has 32 heavy (non-hydrogen) atoms. The number of aromatic nitrogens is 4. The van der Waals surface area contributed by atoms with Gasteiger partial charge in [0, 0.05) is 5.56 Å². The SMILES string of the molecule is N#Cc1ncc(Nn2cnc3ccccc32)nc1-c1ccc(OCc2ccccc2)cc1. The first-order valence-corrected chi connectivity index (χ1v) is 10.0. The van der Waals surface area contributed by atoms with Gasteiger partial charge in [-0.05, 0) is 42.0 Å². The van der Waals surface area contributed by atoms with Crippen LogP contribution in [0.2, 0.25) is 0 Å². The van der Waals surface area contributed by atoms with E-state index in [2.05, 4.69) is 26.4 Å². The van der Waals surface area contributed by atoms with E-state index in [0.29, 0.717) is 18.1 Å². The van der Waals surface area contributed by atoms with E-state index < -0.39 is 0 Å². The molecule has 0 fully saturated rings. The van der Waals surface area contributed by atoms with Crippen molar-refractivity contribution in [2.45, 2.75) is 6.61 Å². The van der Waals surface area contributed by atoms with Crippen LogP contribution in [0.4, 0.5) is 5.82 Å². The molecule has 0 unspecified atom stereocenters. The van der Waals surface area contributed by atoms with Gasteiger partial charge in [0.2, 0.25) is 0 Å². The Morgan fingerprint density at radius 2 is 1.69 bits per heavy atom. The summed E-state index contributed by atoms with van der Waals surface area (Å²) in [5.41, 5.74) is 7.60. The Labute approximate surface area is 184 Å². The summed E-state index contributed by atoms with van der Waals surface area (Å²) < 4.78 is 7.62. The lowest BCUT2D eigenvalue weighted by molar-refractivity contribution is 0.306. The van der Waals surface area contributed by atoms with Crippen molar-refractivity contribution in [1.82, 2.24) is 19.6 Å². The Morgan fingerprint density at radius 1 is 0.906 bits per heavy atom. The van der Waals surface area contributed by atoms with Gasteiger partial charge < -0.3 is 4.74 Å². The third-order valence-corrected chi connectivity index (χ3v) is 4.94. The lowest BCUT2D eigenvalue weighted by atomic mass is 10.1. The van der Waals surface area contributed by atoms with E-state index in [1.165, 1.54) is 6.20 Å². The summed E-state index contributed by atoms with van der Waals surface area (Å²) in [6.07, 6.45) is 3.22. The summed E-state index contributed by atoms with van der Waals surface area (Å²) in [6.45, 7) is 0.488. The molecule has 0 atom stereocenters. The van der Waals surface area contributed by atoms with Gasteiger partial charge in [-0.2, -0.15) is 5.26 Å². The van der Waals surface area contributed by atoms with Crippen LogP contribution < -0.4 is 10.2 Å². The van der Waals surface area contributed by atoms with Crippen LogP contribution in [0.1, 0.15) is 11.3 Å². The Kier molecular flexibility index (Phi) is 5.17. The van der Waals surface area contributed by atoms with Gasteiger partial charge in [0.05, 0.1) is 17.2 Å². The third kappa shape index (κ3) is 3.98. The van der Waals surface area contributed by atoms with Crippen molar-refractivity contribution in [2.24, 2.45) is 0 Å². The van der Waals surface area contributed by atoms with Crippen molar-refractivity contribution in [3.05, 3.63) is 103 Å². The van der Waals surface area contributed by atoms with Crippen LogP contribution >= 0.6 is 0 Å². The lowest BCUT2D eigenvalue weighted by Gasteiger charge is -2.11. The number of nitriles is 1. The van der Waals surface area contributed by atoms with Crippen LogP contribution in [-0.4, -0.2) is 19.6 Å². The standard InChI is InChI=1S/C25H18N6O/c26-14-22-25(19-10-12-20(13-11-19)32-16-18-6-2-1-3-7-18)29-24(15-27-22)30-31-17-28-21-8-4-5-9-23(21)31/h1-13,15,17H,16H2,(H,29,30). The topological polar surface area (TPSA) is 88.7 Å². The van der Waals surface area contributed by atoms with Crippen LogP contribution in [-0.2, 0) is 6.61 Å². The Morgan fingerprint density at radius 3 is 2.50 bits per heavy atom. The average Bonchev–Trinajstić information content (AvgIpc) is 3.26. The number of imidazole rings is 1. The molecule has 0 aliphatic carbocycles. The summed E-state index contributed by atoms with van der Waals surface area (Å²) in [5.74, 6) is 1.25. The molecule has 5 rings (SSSR count). The Balaban J connectivity index is 1.38. The highest BCUT2D eigenvalue weighted by Gasteiger charge is 2.11. The lowest BCUT2D eigenvalue weighted by Crippen LogP contribution is -2.10. The molecule has 5 aromatic rings. The zero-order valence-electron chi connectivity index (χ0n) is 17.0. The average molecular weight is 418 g/mol. The fourth-order valence-electron chi connectivity index (χ4n) is 3.35. The monoisotopic (exact) mass is 418 g/mol. The normalized spacial score (nSPS) is 10.6. The molecule has 0 saturated carbocycles. The van der Waals surface area contributed by atoms with Crippen LogP contribution in [0.25, 0.3) is 22.3 Å². The van der Waals surface area contributed by atoms with E-state index in [0.717, 1.165) is 27.9 Å². The Hall–Kier alpha value is -4.70. The molecule has 0 aliphatic heterocycles. The molecule has 0 saturated heterocycles. The molecule has 2 heterocycles. The number of fused-ring (bicyclic) bond motifs is 1. The maximum absolute atomic E-state index is 9.52. The van der Waals surface area contributed by atoms with E-state index in [1.807, 2.05) is 78.9 Å². The van der Waals surface area contributed by atoms with Crippen LogP contribution in [0.5, 0.6) is 5.75 Å². The smallest absolute Gasteiger partial charge is 0.166 e. The predicted octanol–water partition coefficient (Wildman–Crippen LogP) is 4.82. The molecule has 154 valence electrons. The molecule has 7 heteroatoms. The van der Waals surface area contributed by atoms with E-state index in [1.54, 1.807) is 11.0 Å². The number of ether oxygens (including phenoxy) is 1. The molecule has 0 spiro atoms. The molecule has 0 radical (unpaired) electrons. The quantitative estimate of drug-likeness (QED) is 0.425. The molecule has 2 aromatic heterocycles. The number of benzene rings is 3. The zero-order valence-corrected chi connectivity index (χ0v) is 17.0. The van der Waals surface area contributed by atoms with E-state index in [9.17, 15) is 5.26 Å². The first-order chi connectivity index (χ1) is 15.8. The third-order valence-electron chi connectivity index (χ3n) is 4.94. The molecule has 0 bridgehead atoms. The number of rotatable bonds is 6. The maximum Gasteiger partial charge on any atom is 0.166 e. The molecule has 0 aliphatic rings. The fraction of sp³-hybridized carbons (Fsp3) is 0.0400. The second kappa shape index (κ2) is 8.58. The van der Waals surface area contributed by atoms with Crippen molar-refractivity contribution in [1.29, 1.82) is 5.26 Å². The highest BCUT2D eigenvalue weighted by atomic mass is 16.5. The van der Waals surface area contributed by atoms with E-state index >= 15 is 0 Å². The molecular formula is C25H18N6O. The van der Waals surface area contributed by atoms with Crippen LogP contribution in [0.3, 0.4) is 0 Å². The number of hydrogen-bond acceptors (Lipinski definition) is 6. The van der Waals surface area contributed by atoms with Crippen molar-refractivity contribution in [2.75, 3.05) is 5.43 Å². The van der Waals surface area contributed by atoms with Gasteiger partial charge in [0.15, 0.2) is 11.5 Å². The van der Waals surface area contributed by atoms with Crippen molar-refractivity contribution in [3.63, 3.8) is 0 Å². The number of anilines is 1. The first-order valence-electron chi connectivity index (χ1n) is 10.0. The summed E-state index contributed by atoms with van der Waals surface area (Å²) >= 11 is 0. The minimum Gasteiger partial charge on any atom is -0.489 e. The molecule has 7 nitrogen and oxygen atoms in total. The highest BCUT2D eigenvalue weighted by molar-refractivity contribution is 5.76. The number of para-hydroxylation sites is 2. The van der Waals surface area contributed by atoms with Gasteiger partial charge >= 0.3 is 0 Å². The summed E-state index contributed by atoms with van der Waals surface area (Å²) in [4.78, 5) is 13.3. The van der Waals surface area contributed by atoms with Crippen LogP contribution in [0, 0.1) is 11.3 Å². The van der Waals surface area contributed by atoms with Gasteiger partial charge in [-0.25, -0.2) is 19.6 Å². The summed E-state index contributed by atoms with van der Waals surface area (Å²) in [6, 6.07) is 27.4.